The molecule has 5 heteroatoms. The van der Waals surface area contributed by atoms with Gasteiger partial charge in [-0.25, -0.2) is 9.97 Å². The van der Waals surface area contributed by atoms with Crippen molar-refractivity contribution in [1.29, 1.82) is 0 Å². The molecule has 3 rings (SSSR count). The van der Waals surface area contributed by atoms with Crippen molar-refractivity contribution in [3.63, 3.8) is 0 Å². The Kier molecular flexibility index (Phi) is 2.89. The molecule has 1 aromatic carbocycles. The fourth-order valence-electron chi connectivity index (χ4n) is 1.84. The molecule has 0 saturated carbocycles. The summed E-state index contributed by atoms with van der Waals surface area (Å²) in [5.74, 6) is 0.819. The molecule has 0 aliphatic rings. The zero-order valence-corrected chi connectivity index (χ0v) is 11.1. The Morgan fingerprint density at radius 3 is 3.00 bits per heavy atom. The highest BCUT2D eigenvalue weighted by Gasteiger charge is 2.11. The first-order valence-corrected chi connectivity index (χ1v) is 6.57. The van der Waals surface area contributed by atoms with E-state index in [0.717, 1.165) is 27.1 Å². The van der Waals surface area contributed by atoms with Crippen molar-refractivity contribution in [2.24, 2.45) is 0 Å². The maximum absolute atomic E-state index is 6.15. The molecule has 0 radical (unpaired) electrons. The maximum atomic E-state index is 6.15. The second-order valence-electron chi connectivity index (χ2n) is 3.73. The number of ether oxygens (including phenoxy) is 1. The van der Waals surface area contributed by atoms with Gasteiger partial charge in [0.2, 0.25) is 0 Å². The molecular weight excluding hydrogens is 268 g/mol. The third kappa shape index (κ3) is 1.83. The molecule has 2 aromatic heterocycles. The van der Waals surface area contributed by atoms with E-state index in [1.165, 1.54) is 6.33 Å². The zero-order chi connectivity index (χ0) is 12.5. The van der Waals surface area contributed by atoms with Crippen LogP contribution in [0.4, 0.5) is 0 Å². The van der Waals surface area contributed by atoms with E-state index in [1.807, 2.05) is 29.6 Å². The monoisotopic (exact) mass is 276 g/mol. The van der Waals surface area contributed by atoms with Crippen LogP contribution in [0.15, 0.2) is 36.0 Å². The molecule has 0 fully saturated rings. The van der Waals surface area contributed by atoms with Gasteiger partial charge < -0.3 is 4.74 Å². The van der Waals surface area contributed by atoms with Crippen molar-refractivity contribution >= 4 is 33.2 Å². The van der Waals surface area contributed by atoms with Gasteiger partial charge in [-0.05, 0) is 17.7 Å². The quantitative estimate of drug-likeness (QED) is 0.663. The predicted molar refractivity (Wildman–Crippen MR) is 74.4 cm³/mol. The Hall–Kier alpha value is -1.65. The number of rotatable bonds is 2. The van der Waals surface area contributed by atoms with Crippen LogP contribution in [0.5, 0.6) is 5.75 Å². The van der Waals surface area contributed by atoms with Gasteiger partial charge in [-0.1, -0.05) is 23.7 Å². The van der Waals surface area contributed by atoms with Crippen LogP contribution in [0.25, 0.3) is 21.3 Å². The number of thiophene rings is 1. The first-order valence-electron chi connectivity index (χ1n) is 5.31. The number of nitrogens with zero attached hydrogens (tertiary/aromatic N) is 2. The van der Waals surface area contributed by atoms with Crippen LogP contribution in [0.2, 0.25) is 5.15 Å². The smallest absolute Gasteiger partial charge is 0.141 e. The van der Waals surface area contributed by atoms with Crippen molar-refractivity contribution in [1.82, 2.24) is 9.97 Å². The minimum Gasteiger partial charge on any atom is -0.497 e. The summed E-state index contributed by atoms with van der Waals surface area (Å²) < 4.78 is 5.23. The van der Waals surface area contributed by atoms with E-state index in [-0.39, 0.29) is 0 Å². The summed E-state index contributed by atoms with van der Waals surface area (Å²) in [6.45, 7) is 0. The van der Waals surface area contributed by atoms with E-state index in [1.54, 1.807) is 18.4 Å². The van der Waals surface area contributed by atoms with Gasteiger partial charge in [-0.3, -0.25) is 0 Å². The Morgan fingerprint density at radius 2 is 2.17 bits per heavy atom. The zero-order valence-electron chi connectivity index (χ0n) is 9.55. The molecule has 90 valence electrons. The minimum absolute atomic E-state index is 0.485. The molecule has 18 heavy (non-hydrogen) atoms. The lowest BCUT2D eigenvalue weighted by atomic mass is 10.1. The average molecular weight is 277 g/mol. The predicted octanol–water partition coefficient (Wildman–Crippen LogP) is 4.02. The van der Waals surface area contributed by atoms with Crippen LogP contribution in [-0.4, -0.2) is 17.1 Å². The van der Waals surface area contributed by atoms with E-state index in [4.69, 9.17) is 16.3 Å². The molecule has 0 unspecified atom stereocenters. The van der Waals surface area contributed by atoms with Crippen LogP contribution in [0, 0.1) is 0 Å². The molecule has 0 saturated heterocycles. The molecule has 0 atom stereocenters. The number of aromatic nitrogens is 2. The summed E-state index contributed by atoms with van der Waals surface area (Å²) in [6, 6.07) is 7.86. The third-order valence-corrected chi connectivity index (χ3v) is 3.88. The summed E-state index contributed by atoms with van der Waals surface area (Å²) in [5.41, 5.74) is 2.09. The Labute approximate surface area is 113 Å². The lowest BCUT2D eigenvalue weighted by Crippen LogP contribution is -1.84. The molecule has 0 N–H and O–H groups in total. The van der Waals surface area contributed by atoms with Crippen LogP contribution >= 0.6 is 22.9 Å². The number of halogens is 1. The molecule has 2 heterocycles. The number of fused-ring (bicyclic) bond motifs is 1. The highest BCUT2D eigenvalue weighted by molar-refractivity contribution is 7.17. The summed E-state index contributed by atoms with van der Waals surface area (Å²) in [4.78, 5) is 9.16. The number of hydrogen-bond donors (Lipinski definition) is 0. The van der Waals surface area contributed by atoms with Gasteiger partial charge in [0.15, 0.2) is 0 Å². The van der Waals surface area contributed by atoms with E-state index < -0.39 is 0 Å². The largest absolute Gasteiger partial charge is 0.497 e. The van der Waals surface area contributed by atoms with Gasteiger partial charge in [0, 0.05) is 10.9 Å². The highest BCUT2D eigenvalue weighted by Crippen LogP contribution is 2.37. The van der Waals surface area contributed by atoms with E-state index in [2.05, 4.69) is 9.97 Å². The van der Waals surface area contributed by atoms with E-state index >= 15 is 0 Å². The van der Waals surface area contributed by atoms with E-state index in [0.29, 0.717) is 5.15 Å². The topological polar surface area (TPSA) is 35.0 Å². The molecule has 0 aliphatic carbocycles. The Balaban J connectivity index is 2.25. The van der Waals surface area contributed by atoms with Gasteiger partial charge >= 0.3 is 0 Å². The molecule has 0 aliphatic heterocycles. The fraction of sp³-hybridized carbons (Fsp3) is 0.0769. The summed E-state index contributed by atoms with van der Waals surface area (Å²) in [6.07, 6.45) is 1.48. The lowest BCUT2D eigenvalue weighted by molar-refractivity contribution is 0.415. The van der Waals surface area contributed by atoms with Gasteiger partial charge in [0.05, 0.1) is 12.5 Å². The van der Waals surface area contributed by atoms with Gasteiger partial charge in [0.1, 0.15) is 22.1 Å². The maximum Gasteiger partial charge on any atom is 0.141 e. The molecule has 0 amide bonds. The number of benzene rings is 1. The SMILES string of the molecule is COc1cccc(-c2csc3ncnc(Cl)c23)c1. The second kappa shape index (κ2) is 4.55. The lowest BCUT2D eigenvalue weighted by Gasteiger charge is -2.04. The first-order chi connectivity index (χ1) is 8.79. The van der Waals surface area contributed by atoms with E-state index in [9.17, 15) is 0 Å². The van der Waals surface area contributed by atoms with Crippen LogP contribution in [0.3, 0.4) is 0 Å². The molecule has 3 aromatic rings. The minimum atomic E-state index is 0.485. The molecule has 0 spiro atoms. The van der Waals surface area contributed by atoms with Crippen LogP contribution in [0.1, 0.15) is 0 Å². The number of hydrogen-bond acceptors (Lipinski definition) is 4. The normalized spacial score (nSPS) is 10.8. The van der Waals surface area contributed by atoms with Crippen molar-refractivity contribution < 1.29 is 4.74 Å². The van der Waals surface area contributed by atoms with Crippen LogP contribution < -0.4 is 4.74 Å². The third-order valence-electron chi connectivity index (χ3n) is 2.70. The molecular formula is C13H9ClN2OS. The summed E-state index contributed by atoms with van der Waals surface area (Å²) >= 11 is 7.71. The Bertz CT molecular complexity index is 711. The van der Waals surface area contributed by atoms with Crippen molar-refractivity contribution in [3.05, 3.63) is 41.1 Å². The Morgan fingerprint density at radius 1 is 1.28 bits per heavy atom. The number of methoxy groups -OCH3 is 1. The first kappa shape index (κ1) is 11.4. The van der Waals surface area contributed by atoms with Crippen molar-refractivity contribution in [2.75, 3.05) is 7.11 Å². The summed E-state index contributed by atoms with van der Waals surface area (Å²) in [7, 11) is 1.65. The van der Waals surface area contributed by atoms with Crippen molar-refractivity contribution in [2.45, 2.75) is 0 Å². The second-order valence-corrected chi connectivity index (χ2v) is 4.94. The van der Waals surface area contributed by atoms with Crippen molar-refractivity contribution in [3.8, 4) is 16.9 Å². The molecule has 3 nitrogen and oxygen atoms in total. The fourth-order valence-corrected chi connectivity index (χ4v) is 3.05. The average Bonchev–Trinajstić information content (AvgIpc) is 2.84. The van der Waals surface area contributed by atoms with Gasteiger partial charge in [-0.2, -0.15) is 0 Å². The highest BCUT2D eigenvalue weighted by atomic mass is 35.5. The van der Waals surface area contributed by atoms with Gasteiger partial charge in [0.25, 0.3) is 0 Å². The standard InChI is InChI=1S/C13H9ClN2OS/c1-17-9-4-2-3-8(5-9)10-6-18-13-11(10)12(14)15-7-16-13/h2-7H,1H3. The van der Waals surface area contributed by atoms with Crippen LogP contribution in [-0.2, 0) is 0 Å². The summed E-state index contributed by atoms with van der Waals surface area (Å²) in [5, 5.41) is 3.43. The molecule has 0 bridgehead atoms. The van der Waals surface area contributed by atoms with Gasteiger partial charge in [-0.15, -0.1) is 11.3 Å².